The molecule has 6 heteroatoms. The van der Waals surface area contributed by atoms with Crippen molar-refractivity contribution in [1.29, 1.82) is 0 Å². The van der Waals surface area contributed by atoms with Crippen LogP contribution in [0.4, 0.5) is 0 Å². The molecule has 4 nitrogen and oxygen atoms in total. The highest BCUT2D eigenvalue weighted by molar-refractivity contribution is 7.11. The summed E-state index contributed by atoms with van der Waals surface area (Å²) in [6, 6.07) is 2.42. The monoisotopic (exact) mass is 361 g/mol. The minimum absolute atomic E-state index is 0.217. The van der Waals surface area contributed by atoms with E-state index in [0.717, 1.165) is 43.8 Å². The number of likely N-dealkylation sites (N-methyl/N-ethyl adjacent to an activating group) is 1. The van der Waals surface area contributed by atoms with Crippen LogP contribution >= 0.6 is 22.7 Å². The Morgan fingerprint density at radius 1 is 1.46 bits per heavy atom. The molecule has 0 spiro atoms. The van der Waals surface area contributed by atoms with Gasteiger partial charge in [0.05, 0.1) is 28.2 Å². The Morgan fingerprint density at radius 3 is 3.21 bits per heavy atom. The van der Waals surface area contributed by atoms with Crippen LogP contribution in [0.5, 0.6) is 0 Å². The first-order valence-corrected chi connectivity index (χ1v) is 10.3. The summed E-state index contributed by atoms with van der Waals surface area (Å²) in [5.41, 5.74) is 2.62. The van der Waals surface area contributed by atoms with Gasteiger partial charge < -0.3 is 4.90 Å². The maximum Gasteiger partial charge on any atom is 0.237 e. The van der Waals surface area contributed by atoms with Crippen LogP contribution in [0, 0.1) is 6.92 Å². The number of fused-ring (bicyclic) bond motifs is 2. The molecule has 2 aromatic heterocycles. The second kappa shape index (κ2) is 6.58. The second-order valence-electron chi connectivity index (χ2n) is 6.79. The Balaban J connectivity index is 1.44. The average molecular weight is 362 g/mol. The molecule has 0 aromatic carbocycles. The first-order chi connectivity index (χ1) is 11.6. The number of thiazole rings is 1. The van der Waals surface area contributed by atoms with E-state index in [4.69, 9.17) is 0 Å². The molecule has 1 atom stereocenters. The van der Waals surface area contributed by atoms with Crippen molar-refractivity contribution in [3.8, 4) is 0 Å². The van der Waals surface area contributed by atoms with Crippen LogP contribution in [0.25, 0.3) is 0 Å². The summed E-state index contributed by atoms with van der Waals surface area (Å²) in [4.78, 5) is 24.6. The second-order valence-corrected chi connectivity index (χ2v) is 9.02. The number of aryl methyl sites for hydroxylation is 2. The lowest BCUT2D eigenvalue weighted by molar-refractivity contribution is -0.133. The van der Waals surface area contributed by atoms with E-state index in [2.05, 4.69) is 28.3 Å². The van der Waals surface area contributed by atoms with Gasteiger partial charge in [-0.2, -0.15) is 0 Å². The van der Waals surface area contributed by atoms with Gasteiger partial charge in [0.25, 0.3) is 0 Å². The van der Waals surface area contributed by atoms with Crippen LogP contribution < -0.4 is 0 Å². The van der Waals surface area contributed by atoms with E-state index in [9.17, 15) is 4.79 Å². The van der Waals surface area contributed by atoms with Gasteiger partial charge in [0, 0.05) is 25.0 Å². The lowest BCUT2D eigenvalue weighted by Gasteiger charge is -2.33. The number of nitrogens with zero attached hydrogens (tertiary/aromatic N) is 3. The van der Waals surface area contributed by atoms with Gasteiger partial charge in [-0.1, -0.05) is 0 Å². The van der Waals surface area contributed by atoms with Crippen LogP contribution in [-0.2, 0) is 24.2 Å². The minimum Gasteiger partial charge on any atom is -0.337 e. The minimum atomic E-state index is 0.217. The molecule has 128 valence electrons. The first kappa shape index (κ1) is 16.2. The number of rotatable bonds is 3. The third-order valence-corrected chi connectivity index (χ3v) is 7.27. The van der Waals surface area contributed by atoms with E-state index in [-0.39, 0.29) is 11.9 Å². The van der Waals surface area contributed by atoms with Crippen molar-refractivity contribution in [2.45, 2.75) is 45.2 Å². The van der Waals surface area contributed by atoms with Gasteiger partial charge >= 0.3 is 0 Å². The van der Waals surface area contributed by atoms with Crippen molar-refractivity contribution >= 4 is 28.6 Å². The fourth-order valence-corrected chi connectivity index (χ4v) is 5.85. The van der Waals surface area contributed by atoms with Crippen LogP contribution in [0.1, 0.15) is 44.9 Å². The van der Waals surface area contributed by atoms with E-state index in [1.807, 2.05) is 23.3 Å². The summed E-state index contributed by atoms with van der Waals surface area (Å²) in [6.07, 6.45) is 4.32. The van der Waals surface area contributed by atoms with Crippen LogP contribution in [0.15, 0.2) is 11.4 Å². The zero-order chi connectivity index (χ0) is 16.7. The number of aromatic nitrogens is 1. The summed E-state index contributed by atoms with van der Waals surface area (Å²) in [5, 5.41) is 3.28. The Morgan fingerprint density at radius 2 is 2.33 bits per heavy atom. The highest BCUT2D eigenvalue weighted by Gasteiger charge is 2.30. The fourth-order valence-electron chi connectivity index (χ4n) is 3.81. The molecule has 2 aliphatic rings. The maximum atomic E-state index is 12.8. The maximum absolute atomic E-state index is 12.8. The van der Waals surface area contributed by atoms with E-state index in [0.29, 0.717) is 6.54 Å². The van der Waals surface area contributed by atoms with Gasteiger partial charge in [0.15, 0.2) is 0 Å². The van der Waals surface area contributed by atoms with Gasteiger partial charge in [0.1, 0.15) is 0 Å². The molecule has 24 heavy (non-hydrogen) atoms. The van der Waals surface area contributed by atoms with E-state index in [1.165, 1.54) is 21.0 Å². The molecule has 0 fully saturated rings. The number of hydrogen-bond acceptors (Lipinski definition) is 5. The van der Waals surface area contributed by atoms with Gasteiger partial charge in [-0.05, 0) is 49.6 Å². The van der Waals surface area contributed by atoms with Crippen molar-refractivity contribution in [2.24, 2.45) is 0 Å². The zero-order valence-electron chi connectivity index (χ0n) is 14.2. The van der Waals surface area contributed by atoms with Gasteiger partial charge in [-0.3, -0.25) is 9.69 Å². The number of hydrogen-bond donors (Lipinski definition) is 0. The molecule has 0 bridgehead atoms. The van der Waals surface area contributed by atoms with Crippen molar-refractivity contribution in [2.75, 3.05) is 20.1 Å². The molecule has 1 aliphatic carbocycles. The summed E-state index contributed by atoms with van der Waals surface area (Å²) < 4.78 is 0. The predicted molar refractivity (Wildman–Crippen MR) is 98.6 cm³/mol. The number of amides is 1. The fraction of sp³-hybridized carbons (Fsp3) is 0.556. The Bertz CT molecular complexity index is 751. The molecular formula is C18H23N3OS2. The molecule has 0 radical (unpaired) electrons. The largest absolute Gasteiger partial charge is 0.337 e. The summed E-state index contributed by atoms with van der Waals surface area (Å²) in [5.74, 6) is 0.234. The van der Waals surface area contributed by atoms with Crippen molar-refractivity contribution < 1.29 is 4.79 Å². The number of thiophene rings is 1. The smallest absolute Gasteiger partial charge is 0.237 e. The molecule has 4 rings (SSSR count). The molecule has 2 aromatic rings. The predicted octanol–water partition coefficient (Wildman–Crippen LogP) is 3.41. The van der Waals surface area contributed by atoms with Crippen molar-refractivity contribution in [1.82, 2.24) is 14.8 Å². The topological polar surface area (TPSA) is 36.4 Å². The zero-order valence-corrected chi connectivity index (χ0v) is 15.9. The Hall–Kier alpha value is -1.24. The number of carbonyl (C=O) groups excluding carboxylic acids is 1. The Kier molecular flexibility index (Phi) is 4.45. The normalized spacial score (nSPS) is 20.5. The van der Waals surface area contributed by atoms with Crippen molar-refractivity contribution in [3.05, 3.63) is 37.5 Å². The summed E-state index contributed by atoms with van der Waals surface area (Å²) >= 11 is 3.61. The molecule has 0 saturated heterocycles. The third kappa shape index (κ3) is 3.03. The molecule has 1 unspecified atom stereocenters. The lowest BCUT2D eigenvalue weighted by atomic mass is 9.97. The molecule has 1 aliphatic heterocycles. The van der Waals surface area contributed by atoms with E-state index in [1.54, 1.807) is 11.3 Å². The lowest BCUT2D eigenvalue weighted by Crippen LogP contribution is -2.42. The number of carbonyl (C=O) groups is 1. The van der Waals surface area contributed by atoms with E-state index >= 15 is 0 Å². The molecular weight excluding hydrogens is 338 g/mol. The SMILES string of the molecule is Cc1nc2c(s1)C(N(C)C(=O)CN1CCc3sccc3C1)CCC2. The summed E-state index contributed by atoms with van der Waals surface area (Å²) in [6.45, 7) is 4.49. The van der Waals surface area contributed by atoms with Gasteiger partial charge in [-0.15, -0.1) is 22.7 Å². The summed E-state index contributed by atoms with van der Waals surface area (Å²) in [7, 11) is 1.97. The van der Waals surface area contributed by atoms with Crippen LogP contribution in [0.2, 0.25) is 0 Å². The van der Waals surface area contributed by atoms with Crippen LogP contribution in [0.3, 0.4) is 0 Å². The quantitative estimate of drug-likeness (QED) is 0.841. The van der Waals surface area contributed by atoms with Gasteiger partial charge in [-0.25, -0.2) is 4.98 Å². The van der Waals surface area contributed by atoms with E-state index < -0.39 is 0 Å². The Labute approximate surface area is 151 Å². The highest BCUT2D eigenvalue weighted by Crippen LogP contribution is 2.37. The van der Waals surface area contributed by atoms with Crippen LogP contribution in [-0.4, -0.2) is 40.8 Å². The third-order valence-electron chi connectivity index (χ3n) is 5.13. The average Bonchev–Trinajstić information content (AvgIpc) is 3.18. The van der Waals surface area contributed by atoms with Crippen molar-refractivity contribution in [3.63, 3.8) is 0 Å². The standard InChI is InChI=1S/C18H23N3OS2/c1-12-19-14-4-3-5-15(18(14)24-12)20(2)17(22)11-21-8-6-16-13(10-21)7-9-23-16/h7,9,15H,3-6,8,10-11H2,1-2H3. The molecule has 0 N–H and O–H groups in total. The molecule has 0 saturated carbocycles. The van der Waals surface area contributed by atoms with Gasteiger partial charge in [0.2, 0.25) is 5.91 Å². The highest BCUT2D eigenvalue weighted by atomic mass is 32.1. The molecule has 3 heterocycles. The molecule has 1 amide bonds. The first-order valence-electron chi connectivity index (χ1n) is 8.61.